The van der Waals surface area contributed by atoms with Gasteiger partial charge in [0, 0.05) is 31.4 Å². The third-order valence-corrected chi connectivity index (χ3v) is 3.57. The second kappa shape index (κ2) is 6.21. The standard InChI is InChI=1S/C15H24N2O/c1-12-4-3-5-15(9-12)17-10-13(2)8-14(11-17)16-6-7-18/h3-5,9,13-14,16,18H,6-8,10-11H2,1-2H3. The largest absolute Gasteiger partial charge is 0.395 e. The molecule has 2 unspecified atom stereocenters. The molecule has 3 heteroatoms. The fourth-order valence-electron chi connectivity index (χ4n) is 2.80. The molecule has 1 fully saturated rings. The Morgan fingerprint density at radius 2 is 2.22 bits per heavy atom. The molecule has 0 bridgehead atoms. The first-order valence-electron chi connectivity index (χ1n) is 6.85. The Morgan fingerprint density at radius 1 is 1.39 bits per heavy atom. The predicted molar refractivity (Wildman–Crippen MR) is 76.0 cm³/mol. The quantitative estimate of drug-likeness (QED) is 0.853. The zero-order valence-electron chi connectivity index (χ0n) is 11.4. The molecule has 1 aliphatic rings. The first-order valence-corrected chi connectivity index (χ1v) is 6.85. The number of hydrogen-bond donors (Lipinski definition) is 2. The molecule has 2 N–H and O–H groups in total. The molecule has 18 heavy (non-hydrogen) atoms. The summed E-state index contributed by atoms with van der Waals surface area (Å²) in [4.78, 5) is 2.45. The van der Waals surface area contributed by atoms with Crippen molar-refractivity contribution >= 4 is 5.69 Å². The van der Waals surface area contributed by atoms with Gasteiger partial charge in [-0.15, -0.1) is 0 Å². The molecule has 2 rings (SSSR count). The highest BCUT2D eigenvalue weighted by molar-refractivity contribution is 5.49. The summed E-state index contributed by atoms with van der Waals surface area (Å²) in [6.07, 6.45) is 1.20. The van der Waals surface area contributed by atoms with Crippen LogP contribution in [0.15, 0.2) is 24.3 Å². The number of hydrogen-bond acceptors (Lipinski definition) is 3. The topological polar surface area (TPSA) is 35.5 Å². The van der Waals surface area contributed by atoms with Gasteiger partial charge in [0.05, 0.1) is 6.61 Å². The lowest BCUT2D eigenvalue weighted by molar-refractivity contribution is 0.269. The van der Waals surface area contributed by atoms with E-state index in [1.54, 1.807) is 0 Å². The monoisotopic (exact) mass is 248 g/mol. The van der Waals surface area contributed by atoms with E-state index in [0.717, 1.165) is 13.1 Å². The molecule has 1 saturated heterocycles. The van der Waals surface area contributed by atoms with E-state index >= 15 is 0 Å². The highest BCUT2D eigenvalue weighted by atomic mass is 16.3. The molecule has 0 aliphatic carbocycles. The third kappa shape index (κ3) is 3.47. The van der Waals surface area contributed by atoms with Gasteiger partial charge in [-0.25, -0.2) is 0 Å². The first-order chi connectivity index (χ1) is 8.69. The summed E-state index contributed by atoms with van der Waals surface area (Å²) in [6.45, 7) is 7.51. The van der Waals surface area contributed by atoms with Crippen LogP contribution in [0, 0.1) is 12.8 Å². The van der Waals surface area contributed by atoms with E-state index in [9.17, 15) is 0 Å². The number of aryl methyl sites for hydroxylation is 1. The molecule has 0 aromatic heterocycles. The van der Waals surface area contributed by atoms with Gasteiger partial charge >= 0.3 is 0 Å². The molecular formula is C15H24N2O. The average molecular weight is 248 g/mol. The van der Waals surface area contributed by atoms with E-state index in [4.69, 9.17) is 5.11 Å². The van der Waals surface area contributed by atoms with Crippen LogP contribution in [0.1, 0.15) is 18.9 Å². The maximum absolute atomic E-state index is 8.91. The summed E-state index contributed by atoms with van der Waals surface area (Å²) in [7, 11) is 0. The molecule has 0 radical (unpaired) electrons. The van der Waals surface area contributed by atoms with Crippen molar-refractivity contribution < 1.29 is 5.11 Å². The van der Waals surface area contributed by atoms with Crippen molar-refractivity contribution in [1.82, 2.24) is 5.32 Å². The van der Waals surface area contributed by atoms with Crippen molar-refractivity contribution in [3.63, 3.8) is 0 Å². The predicted octanol–water partition coefficient (Wildman–Crippen LogP) is 1.79. The number of rotatable bonds is 4. The lowest BCUT2D eigenvalue weighted by atomic mass is 9.95. The second-order valence-corrected chi connectivity index (χ2v) is 5.46. The Balaban J connectivity index is 2.03. The molecular weight excluding hydrogens is 224 g/mol. The van der Waals surface area contributed by atoms with Crippen molar-refractivity contribution in [2.75, 3.05) is 31.1 Å². The van der Waals surface area contributed by atoms with Crippen LogP contribution in [0.4, 0.5) is 5.69 Å². The summed E-state index contributed by atoms with van der Waals surface area (Å²) in [6, 6.07) is 9.19. The van der Waals surface area contributed by atoms with E-state index in [1.165, 1.54) is 17.7 Å². The van der Waals surface area contributed by atoms with Crippen molar-refractivity contribution in [3.05, 3.63) is 29.8 Å². The lowest BCUT2D eigenvalue weighted by Gasteiger charge is -2.38. The number of aliphatic hydroxyl groups is 1. The molecule has 1 aromatic rings. The van der Waals surface area contributed by atoms with Crippen LogP contribution in [-0.4, -0.2) is 37.4 Å². The summed E-state index contributed by atoms with van der Waals surface area (Å²) >= 11 is 0. The first kappa shape index (κ1) is 13.4. The van der Waals surface area contributed by atoms with Gasteiger partial charge in [0.25, 0.3) is 0 Å². The Labute approximate surface area is 110 Å². The average Bonchev–Trinajstić information content (AvgIpc) is 2.36. The molecule has 1 aliphatic heterocycles. The van der Waals surface area contributed by atoms with Gasteiger partial charge in [-0.1, -0.05) is 19.1 Å². The third-order valence-electron chi connectivity index (χ3n) is 3.57. The van der Waals surface area contributed by atoms with E-state index < -0.39 is 0 Å². The van der Waals surface area contributed by atoms with Crippen LogP contribution in [0.3, 0.4) is 0 Å². The number of anilines is 1. The van der Waals surface area contributed by atoms with E-state index in [0.29, 0.717) is 18.5 Å². The van der Waals surface area contributed by atoms with Gasteiger partial charge in [-0.05, 0) is 37.0 Å². The minimum absolute atomic E-state index is 0.218. The second-order valence-electron chi connectivity index (χ2n) is 5.46. The van der Waals surface area contributed by atoms with Gasteiger partial charge in [-0.3, -0.25) is 0 Å². The number of nitrogens with zero attached hydrogens (tertiary/aromatic N) is 1. The Hall–Kier alpha value is -1.06. The fraction of sp³-hybridized carbons (Fsp3) is 0.600. The molecule has 1 heterocycles. The van der Waals surface area contributed by atoms with Crippen molar-refractivity contribution in [3.8, 4) is 0 Å². The maximum Gasteiger partial charge on any atom is 0.0556 e. The molecule has 3 nitrogen and oxygen atoms in total. The molecule has 2 atom stereocenters. The molecule has 1 aromatic carbocycles. The smallest absolute Gasteiger partial charge is 0.0556 e. The van der Waals surface area contributed by atoms with Crippen LogP contribution in [0.5, 0.6) is 0 Å². The van der Waals surface area contributed by atoms with E-state index in [-0.39, 0.29) is 6.61 Å². The number of nitrogens with one attached hydrogen (secondary N) is 1. The van der Waals surface area contributed by atoms with Gasteiger partial charge in [0.1, 0.15) is 0 Å². The molecule has 100 valence electrons. The number of benzene rings is 1. The minimum Gasteiger partial charge on any atom is -0.395 e. The van der Waals surface area contributed by atoms with Gasteiger partial charge in [0.15, 0.2) is 0 Å². The molecule has 0 amide bonds. The minimum atomic E-state index is 0.218. The van der Waals surface area contributed by atoms with Gasteiger partial charge in [-0.2, -0.15) is 0 Å². The highest BCUT2D eigenvalue weighted by Gasteiger charge is 2.24. The number of aliphatic hydroxyl groups excluding tert-OH is 1. The highest BCUT2D eigenvalue weighted by Crippen LogP contribution is 2.23. The number of piperidine rings is 1. The lowest BCUT2D eigenvalue weighted by Crippen LogP contribution is -2.49. The summed E-state index contributed by atoms with van der Waals surface area (Å²) in [5.74, 6) is 0.690. The maximum atomic E-state index is 8.91. The fourth-order valence-corrected chi connectivity index (χ4v) is 2.80. The summed E-state index contributed by atoms with van der Waals surface area (Å²) in [5, 5.41) is 12.3. The zero-order valence-corrected chi connectivity index (χ0v) is 11.4. The van der Waals surface area contributed by atoms with Crippen LogP contribution in [0.2, 0.25) is 0 Å². The van der Waals surface area contributed by atoms with Gasteiger partial charge in [0.2, 0.25) is 0 Å². The summed E-state index contributed by atoms with van der Waals surface area (Å²) in [5.41, 5.74) is 2.63. The van der Waals surface area contributed by atoms with E-state index in [1.807, 2.05) is 0 Å². The molecule has 0 saturated carbocycles. The van der Waals surface area contributed by atoms with Crippen LogP contribution in [0.25, 0.3) is 0 Å². The van der Waals surface area contributed by atoms with Crippen molar-refractivity contribution in [1.29, 1.82) is 0 Å². The van der Waals surface area contributed by atoms with Crippen LogP contribution < -0.4 is 10.2 Å². The van der Waals surface area contributed by atoms with Crippen LogP contribution >= 0.6 is 0 Å². The Kier molecular flexibility index (Phi) is 4.61. The van der Waals surface area contributed by atoms with Crippen molar-refractivity contribution in [2.45, 2.75) is 26.3 Å². The Bertz CT molecular complexity index is 381. The van der Waals surface area contributed by atoms with Crippen molar-refractivity contribution in [2.24, 2.45) is 5.92 Å². The van der Waals surface area contributed by atoms with Gasteiger partial charge < -0.3 is 15.3 Å². The molecule has 0 spiro atoms. The normalized spacial score (nSPS) is 24.3. The summed E-state index contributed by atoms with van der Waals surface area (Å²) < 4.78 is 0. The zero-order chi connectivity index (χ0) is 13.0. The van der Waals surface area contributed by atoms with Crippen LogP contribution in [-0.2, 0) is 0 Å². The SMILES string of the molecule is Cc1cccc(N2CC(C)CC(NCCO)C2)c1. The van der Waals surface area contributed by atoms with E-state index in [2.05, 4.69) is 48.3 Å². The Morgan fingerprint density at radius 3 is 2.94 bits per heavy atom.